The summed E-state index contributed by atoms with van der Waals surface area (Å²) in [6, 6.07) is 7.54. The number of rotatable bonds is 6. The Balaban J connectivity index is 2.51. The molecule has 1 rings (SSSR count). The van der Waals surface area contributed by atoms with Crippen LogP contribution < -0.4 is 10.6 Å². The number of amides is 1. The number of thioether (sulfide) groups is 1. The van der Waals surface area contributed by atoms with Crippen molar-refractivity contribution >= 4 is 23.4 Å². The molecule has 0 heterocycles. The molecule has 0 aliphatic carbocycles. The van der Waals surface area contributed by atoms with Crippen LogP contribution in [0, 0.1) is 0 Å². The van der Waals surface area contributed by atoms with Crippen LogP contribution in [0.2, 0.25) is 0 Å². The number of hydrogen-bond acceptors (Lipinski definition) is 3. The first-order chi connectivity index (χ1) is 8.17. The first-order valence-corrected chi connectivity index (χ1v) is 7.11. The third-order valence-electron chi connectivity index (χ3n) is 2.48. The molecule has 1 unspecified atom stereocenters. The maximum absolute atomic E-state index is 11.8. The van der Waals surface area contributed by atoms with Crippen LogP contribution in [0.1, 0.15) is 24.2 Å². The number of nitrogens with one attached hydrogen (secondary N) is 2. The van der Waals surface area contributed by atoms with E-state index in [1.807, 2.05) is 37.4 Å². The molecule has 17 heavy (non-hydrogen) atoms. The van der Waals surface area contributed by atoms with Crippen molar-refractivity contribution in [3.63, 3.8) is 0 Å². The molecule has 1 atom stereocenters. The van der Waals surface area contributed by atoms with Crippen LogP contribution in [0.5, 0.6) is 0 Å². The summed E-state index contributed by atoms with van der Waals surface area (Å²) in [6.07, 6.45) is 2.04. The van der Waals surface area contributed by atoms with Crippen molar-refractivity contribution in [2.24, 2.45) is 0 Å². The zero-order chi connectivity index (χ0) is 12.7. The highest BCUT2D eigenvalue weighted by Crippen LogP contribution is 2.09. The predicted octanol–water partition coefficient (Wildman–Crippen LogP) is 2.60. The Hall–Kier alpha value is -1.16. The monoisotopic (exact) mass is 252 g/mol. The molecule has 3 nitrogen and oxygen atoms in total. The van der Waals surface area contributed by atoms with Gasteiger partial charge in [0.15, 0.2) is 0 Å². The van der Waals surface area contributed by atoms with Crippen LogP contribution in [0.4, 0.5) is 5.69 Å². The van der Waals surface area contributed by atoms with Gasteiger partial charge in [0, 0.05) is 29.6 Å². The van der Waals surface area contributed by atoms with Crippen molar-refractivity contribution in [3.05, 3.63) is 29.8 Å². The molecule has 94 valence electrons. The first kappa shape index (κ1) is 13.9. The third kappa shape index (κ3) is 4.69. The zero-order valence-corrected chi connectivity index (χ0v) is 11.4. The Bertz CT molecular complexity index is 351. The van der Waals surface area contributed by atoms with E-state index in [-0.39, 0.29) is 5.91 Å². The number of anilines is 1. The highest BCUT2D eigenvalue weighted by molar-refractivity contribution is 7.99. The van der Waals surface area contributed by atoms with Crippen molar-refractivity contribution in [3.8, 4) is 0 Å². The molecule has 0 aliphatic rings. The molecule has 0 aromatic heterocycles. The van der Waals surface area contributed by atoms with E-state index in [2.05, 4.69) is 17.6 Å². The van der Waals surface area contributed by atoms with E-state index in [1.165, 1.54) is 0 Å². The van der Waals surface area contributed by atoms with Crippen molar-refractivity contribution < 1.29 is 4.79 Å². The molecule has 1 amide bonds. The van der Waals surface area contributed by atoms with Gasteiger partial charge < -0.3 is 10.6 Å². The Morgan fingerprint density at radius 2 is 2.00 bits per heavy atom. The quantitative estimate of drug-likeness (QED) is 0.817. The smallest absolute Gasteiger partial charge is 0.251 e. The lowest BCUT2D eigenvalue weighted by Gasteiger charge is -2.10. The molecular weight excluding hydrogens is 232 g/mol. The highest BCUT2D eigenvalue weighted by atomic mass is 32.2. The Kier molecular flexibility index (Phi) is 5.91. The molecule has 4 heteroatoms. The van der Waals surface area contributed by atoms with Gasteiger partial charge in [-0.1, -0.05) is 6.92 Å². The summed E-state index contributed by atoms with van der Waals surface area (Å²) in [5, 5.41) is 6.56. The van der Waals surface area contributed by atoms with Gasteiger partial charge in [0.2, 0.25) is 0 Å². The Morgan fingerprint density at radius 1 is 1.35 bits per heavy atom. The van der Waals surface area contributed by atoms with E-state index in [0.717, 1.165) is 12.2 Å². The van der Waals surface area contributed by atoms with Crippen LogP contribution in [-0.4, -0.2) is 30.5 Å². The molecule has 1 aromatic carbocycles. The SMILES string of the molecule is CCNc1ccc(C(=O)NCC(C)SC)cc1. The molecule has 0 saturated heterocycles. The minimum absolute atomic E-state index is 0.00560. The van der Waals surface area contributed by atoms with E-state index in [1.54, 1.807) is 11.8 Å². The van der Waals surface area contributed by atoms with Crippen LogP contribution in [-0.2, 0) is 0 Å². The molecule has 0 aliphatic heterocycles. The second-order valence-electron chi connectivity index (χ2n) is 3.86. The first-order valence-electron chi connectivity index (χ1n) is 5.82. The van der Waals surface area contributed by atoms with Gasteiger partial charge in [0.05, 0.1) is 0 Å². The maximum Gasteiger partial charge on any atom is 0.251 e. The summed E-state index contributed by atoms with van der Waals surface area (Å²) in [6.45, 7) is 5.73. The van der Waals surface area contributed by atoms with E-state index in [0.29, 0.717) is 17.4 Å². The molecule has 0 saturated carbocycles. The van der Waals surface area contributed by atoms with E-state index in [9.17, 15) is 4.79 Å². The Morgan fingerprint density at radius 3 is 2.53 bits per heavy atom. The molecule has 0 fully saturated rings. The van der Waals surface area contributed by atoms with Crippen molar-refractivity contribution in [2.75, 3.05) is 24.7 Å². The molecular formula is C13H20N2OS. The minimum atomic E-state index is -0.00560. The number of hydrogen-bond donors (Lipinski definition) is 2. The fourth-order valence-electron chi connectivity index (χ4n) is 1.37. The summed E-state index contributed by atoms with van der Waals surface area (Å²) >= 11 is 1.75. The van der Waals surface area contributed by atoms with Gasteiger partial charge in [0.25, 0.3) is 5.91 Å². The molecule has 1 aromatic rings. The van der Waals surface area contributed by atoms with Crippen molar-refractivity contribution in [2.45, 2.75) is 19.1 Å². The van der Waals surface area contributed by atoms with Crippen LogP contribution in [0.3, 0.4) is 0 Å². The third-order valence-corrected chi connectivity index (χ3v) is 3.45. The van der Waals surface area contributed by atoms with E-state index >= 15 is 0 Å². The highest BCUT2D eigenvalue weighted by Gasteiger charge is 2.06. The number of benzene rings is 1. The summed E-state index contributed by atoms with van der Waals surface area (Å²) in [4.78, 5) is 11.8. The lowest BCUT2D eigenvalue weighted by molar-refractivity contribution is 0.0954. The molecule has 2 N–H and O–H groups in total. The number of carbonyl (C=O) groups excluding carboxylic acids is 1. The van der Waals surface area contributed by atoms with Crippen LogP contribution >= 0.6 is 11.8 Å². The summed E-state index contributed by atoms with van der Waals surface area (Å²) in [5.74, 6) is -0.00560. The van der Waals surface area contributed by atoms with Crippen molar-refractivity contribution in [1.82, 2.24) is 5.32 Å². The normalized spacial score (nSPS) is 11.9. The lowest BCUT2D eigenvalue weighted by Crippen LogP contribution is -2.29. The molecule has 0 spiro atoms. The summed E-state index contributed by atoms with van der Waals surface area (Å²) in [7, 11) is 0. The molecule has 0 radical (unpaired) electrons. The topological polar surface area (TPSA) is 41.1 Å². The standard InChI is InChI=1S/C13H20N2OS/c1-4-14-12-7-5-11(6-8-12)13(16)15-9-10(2)17-3/h5-8,10,14H,4,9H2,1-3H3,(H,15,16). The van der Waals surface area contributed by atoms with Gasteiger partial charge in [0.1, 0.15) is 0 Å². The number of carbonyl (C=O) groups is 1. The van der Waals surface area contributed by atoms with Gasteiger partial charge in [-0.3, -0.25) is 4.79 Å². The predicted molar refractivity (Wildman–Crippen MR) is 75.9 cm³/mol. The Labute approximate surface area is 107 Å². The largest absolute Gasteiger partial charge is 0.385 e. The minimum Gasteiger partial charge on any atom is -0.385 e. The fourth-order valence-corrected chi connectivity index (χ4v) is 1.62. The average molecular weight is 252 g/mol. The summed E-state index contributed by atoms with van der Waals surface area (Å²) < 4.78 is 0. The van der Waals surface area contributed by atoms with Gasteiger partial charge in [-0.05, 0) is 37.4 Å². The molecule has 0 bridgehead atoms. The fraction of sp³-hybridized carbons (Fsp3) is 0.462. The zero-order valence-electron chi connectivity index (χ0n) is 10.6. The lowest BCUT2D eigenvalue weighted by atomic mass is 10.2. The van der Waals surface area contributed by atoms with Gasteiger partial charge >= 0.3 is 0 Å². The second-order valence-corrected chi connectivity index (χ2v) is 5.14. The van der Waals surface area contributed by atoms with Crippen LogP contribution in [0.25, 0.3) is 0 Å². The second kappa shape index (κ2) is 7.22. The van der Waals surface area contributed by atoms with Gasteiger partial charge in [-0.15, -0.1) is 0 Å². The average Bonchev–Trinajstić information content (AvgIpc) is 2.36. The maximum atomic E-state index is 11.8. The van der Waals surface area contributed by atoms with E-state index in [4.69, 9.17) is 0 Å². The van der Waals surface area contributed by atoms with Crippen molar-refractivity contribution in [1.29, 1.82) is 0 Å². The summed E-state index contributed by atoms with van der Waals surface area (Å²) in [5.41, 5.74) is 1.75. The van der Waals surface area contributed by atoms with E-state index < -0.39 is 0 Å². The van der Waals surface area contributed by atoms with Gasteiger partial charge in [-0.2, -0.15) is 11.8 Å². The van der Waals surface area contributed by atoms with Gasteiger partial charge in [-0.25, -0.2) is 0 Å². The van der Waals surface area contributed by atoms with Crippen LogP contribution in [0.15, 0.2) is 24.3 Å².